The van der Waals surface area contributed by atoms with Gasteiger partial charge in [0.2, 0.25) is 0 Å². The van der Waals surface area contributed by atoms with Crippen LogP contribution in [0.3, 0.4) is 0 Å². The Hall–Kier alpha value is -2.00. The van der Waals surface area contributed by atoms with Gasteiger partial charge < -0.3 is 14.4 Å². The third-order valence-corrected chi connectivity index (χ3v) is 5.24. The number of hydrogen-bond donors (Lipinski definition) is 0. The zero-order valence-corrected chi connectivity index (χ0v) is 15.1. The third-order valence-electron chi connectivity index (χ3n) is 5.24. The molecule has 1 aliphatic rings. The maximum atomic E-state index is 5.57. The quantitative estimate of drug-likeness (QED) is 0.845. The summed E-state index contributed by atoms with van der Waals surface area (Å²) in [5, 5.41) is 0. The largest absolute Gasteiger partial charge is 0.493 e. The Balaban J connectivity index is 2.15. The number of fused-ring (bicyclic) bond motifs is 1. The van der Waals surface area contributed by atoms with Crippen LogP contribution >= 0.6 is 0 Å². The Bertz CT molecular complexity index is 684. The van der Waals surface area contributed by atoms with Crippen molar-refractivity contribution >= 4 is 0 Å². The maximum absolute atomic E-state index is 5.57. The number of methoxy groups -OCH3 is 2. The Morgan fingerprint density at radius 2 is 1.71 bits per heavy atom. The fourth-order valence-corrected chi connectivity index (χ4v) is 3.81. The van der Waals surface area contributed by atoms with Crippen LogP contribution in [0.15, 0.2) is 42.5 Å². The summed E-state index contributed by atoms with van der Waals surface area (Å²) >= 11 is 0. The van der Waals surface area contributed by atoms with Gasteiger partial charge in [0.1, 0.15) is 0 Å². The lowest BCUT2D eigenvalue weighted by Gasteiger charge is -2.27. The SMILES string of the molecule is CC[C@@H]1Cc2cc(OC)c(OC)cc2[C@H](c2ccccc2)CN1C. The van der Waals surface area contributed by atoms with E-state index in [1.54, 1.807) is 14.2 Å². The molecule has 0 saturated carbocycles. The van der Waals surface area contributed by atoms with Crippen molar-refractivity contribution in [2.75, 3.05) is 27.8 Å². The highest BCUT2D eigenvalue weighted by Crippen LogP contribution is 2.39. The number of nitrogens with zero attached hydrogens (tertiary/aromatic N) is 1. The van der Waals surface area contributed by atoms with Crippen LogP contribution in [0.5, 0.6) is 11.5 Å². The van der Waals surface area contributed by atoms with E-state index in [-0.39, 0.29) is 0 Å². The summed E-state index contributed by atoms with van der Waals surface area (Å²) in [7, 11) is 5.66. The minimum absolute atomic E-state index is 0.350. The molecular formula is C21H27NO2. The first kappa shape index (κ1) is 16.8. The van der Waals surface area contributed by atoms with E-state index in [0.29, 0.717) is 12.0 Å². The van der Waals surface area contributed by atoms with Gasteiger partial charge >= 0.3 is 0 Å². The molecule has 0 aliphatic carbocycles. The van der Waals surface area contributed by atoms with Crippen molar-refractivity contribution < 1.29 is 9.47 Å². The Kier molecular flexibility index (Phi) is 5.10. The lowest BCUT2D eigenvalue weighted by molar-refractivity contribution is 0.236. The molecular weight excluding hydrogens is 298 g/mol. The maximum Gasteiger partial charge on any atom is 0.161 e. The second kappa shape index (κ2) is 7.27. The summed E-state index contributed by atoms with van der Waals surface area (Å²) in [5.74, 6) is 1.99. The monoisotopic (exact) mass is 325 g/mol. The van der Waals surface area contributed by atoms with Crippen molar-refractivity contribution in [1.29, 1.82) is 0 Å². The van der Waals surface area contributed by atoms with E-state index in [4.69, 9.17) is 9.47 Å². The Morgan fingerprint density at radius 1 is 1.04 bits per heavy atom. The van der Waals surface area contributed by atoms with Crippen LogP contribution in [0, 0.1) is 0 Å². The molecule has 0 aromatic heterocycles. The number of hydrogen-bond acceptors (Lipinski definition) is 3. The molecule has 0 radical (unpaired) electrons. The molecule has 2 aromatic carbocycles. The molecule has 0 spiro atoms. The minimum Gasteiger partial charge on any atom is -0.493 e. The van der Waals surface area contributed by atoms with E-state index >= 15 is 0 Å². The van der Waals surface area contributed by atoms with Crippen molar-refractivity contribution in [3.05, 3.63) is 59.2 Å². The summed E-state index contributed by atoms with van der Waals surface area (Å²) in [6.07, 6.45) is 2.19. The molecule has 0 fully saturated rings. The molecule has 3 nitrogen and oxygen atoms in total. The predicted octanol–water partition coefficient (Wildman–Crippen LogP) is 4.10. The van der Waals surface area contributed by atoms with Crippen LogP contribution in [0.2, 0.25) is 0 Å². The first-order valence-electron chi connectivity index (χ1n) is 8.67. The summed E-state index contributed by atoms with van der Waals surface area (Å²) in [4.78, 5) is 2.50. The normalized spacial score (nSPS) is 21.0. The smallest absolute Gasteiger partial charge is 0.161 e. The highest BCUT2D eigenvalue weighted by Gasteiger charge is 2.29. The third kappa shape index (κ3) is 3.13. The second-order valence-corrected chi connectivity index (χ2v) is 6.58. The van der Waals surface area contributed by atoms with Gasteiger partial charge in [0, 0.05) is 18.5 Å². The number of likely N-dealkylation sites (N-methyl/N-ethyl adjacent to an activating group) is 1. The standard InChI is InChI=1S/C21H27NO2/c1-5-17-11-16-12-20(23-3)21(24-4)13-18(16)19(14-22(17)2)15-9-7-6-8-10-15/h6-10,12-13,17,19H,5,11,14H2,1-4H3/t17-,19+/m1/s1. The van der Waals surface area contributed by atoms with Gasteiger partial charge in [0.05, 0.1) is 14.2 Å². The van der Waals surface area contributed by atoms with Crippen molar-refractivity contribution in [3.63, 3.8) is 0 Å². The van der Waals surface area contributed by atoms with Crippen molar-refractivity contribution in [2.45, 2.75) is 31.7 Å². The molecule has 0 amide bonds. The molecule has 0 saturated heterocycles. The van der Waals surface area contributed by atoms with E-state index in [0.717, 1.165) is 30.9 Å². The molecule has 128 valence electrons. The summed E-state index contributed by atoms with van der Waals surface area (Å²) in [6, 6.07) is 15.7. The first-order valence-corrected chi connectivity index (χ1v) is 8.67. The van der Waals surface area contributed by atoms with Crippen LogP contribution in [0.1, 0.15) is 36.0 Å². The van der Waals surface area contributed by atoms with Gasteiger partial charge in [-0.2, -0.15) is 0 Å². The van der Waals surface area contributed by atoms with E-state index < -0.39 is 0 Å². The molecule has 0 N–H and O–H groups in total. The van der Waals surface area contributed by atoms with Crippen LogP contribution in [-0.2, 0) is 6.42 Å². The van der Waals surface area contributed by atoms with Crippen molar-refractivity contribution in [2.24, 2.45) is 0 Å². The molecule has 2 atom stereocenters. The van der Waals surface area contributed by atoms with Gasteiger partial charge in [0.25, 0.3) is 0 Å². The molecule has 1 aliphatic heterocycles. The molecule has 24 heavy (non-hydrogen) atoms. The molecule has 2 aromatic rings. The molecule has 0 bridgehead atoms. The average Bonchev–Trinajstić information content (AvgIpc) is 2.77. The summed E-state index contributed by atoms with van der Waals surface area (Å²) < 4.78 is 11.1. The summed E-state index contributed by atoms with van der Waals surface area (Å²) in [5.41, 5.74) is 4.09. The second-order valence-electron chi connectivity index (χ2n) is 6.58. The van der Waals surface area contributed by atoms with Gasteiger partial charge in [-0.15, -0.1) is 0 Å². The molecule has 1 heterocycles. The van der Waals surface area contributed by atoms with Crippen LogP contribution in [0.4, 0.5) is 0 Å². The highest BCUT2D eigenvalue weighted by atomic mass is 16.5. The van der Waals surface area contributed by atoms with E-state index in [1.165, 1.54) is 16.7 Å². The first-order chi connectivity index (χ1) is 11.7. The highest BCUT2D eigenvalue weighted by molar-refractivity contribution is 5.51. The van der Waals surface area contributed by atoms with Gasteiger partial charge in [-0.1, -0.05) is 37.3 Å². The number of rotatable bonds is 4. The van der Waals surface area contributed by atoms with E-state index in [2.05, 4.69) is 61.3 Å². The number of ether oxygens (including phenoxy) is 2. The van der Waals surface area contributed by atoms with Gasteiger partial charge in [-0.05, 0) is 48.7 Å². The summed E-state index contributed by atoms with van der Waals surface area (Å²) in [6.45, 7) is 3.29. The minimum atomic E-state index is 0.350. The van der Waals surface area contributed by atoms with Crippen LogP contribution in [0.25, 0.3) is 0 Å². The lowest BCUT2D eigenvalue weighted by Crippen LogP contribution is -2.33. The van der Waals surface area contributed by atoms with Gasteiger partial charge in [-0.25, -0.2) is 0 Å². The van der Waals surface area contributed by atoms with Gasteiger partial charge in [0.15, 0.2) is 11.5 Å². The Morgan fingerprint density at radius 3 is 2.33 bits per heavy atom. The lowest BCUT2D eigenvalue weighted by atomic mass is 9.87. The van der Waals surface area contributed by atoms with Gasteiger partial charge in [-0.3, -0.25) is 0 Å². The van der Waals surface area contributed by atoms with E-state index in [1.807, 2.05) is 0 Å². The molecule has 3 heteroatoms. The topological polar surface area (TPSA) is 21.7 Å². The van der Waals surface area contributed by atoms with E-state index in [9.17, 15) is 0 Å². The molecule has 0 unspecified atom stereocenters. The van der Waals surface area contributed by atoms with Crippen LogP contribution in [-0.4, -0.2) is 38.8 Å². The predicted molar refractivity (Wildman–Crippen MR) is 98.2 cm³/mol. The zero-order chi connectivity index (χ0) is 17.1. The van der Waals surface area contributed by atoms with Crippen molar-refractivity contribution in [1.82, 2.24) is 4.90 Å². The number of benzene rings is 2. The molecule has 3 rings (SSSR count). The Labute approximate surface area is 145 Å². The average molecular weight is 325 g/mol. The fourth-order valence-electron chi connectivity index (χ4n) is 3.81. The fraction of sp³-hybridized carbons (Fsp3) is 0.429. The van der Waals surface area contributed by atoms with Crippen molar-refractivity contribution in [3.8, 4) is 11.5 Å². The van der Waals surface area contributed by atoms with Crippen LogP contribution < -0.4 is 9.47 Å². The zero-order valence-electron chi connectivity index (χ0n) is 15.1.